The van der Waals surface area contributed by atoms with E-state index in [1.54, 1.807) is 0 Å². The predicted molar refractivity (Wildman–Crippen MR) is 274 cm³/mol. The summed E-state index contributed by atoms with van der Waals surface area (Å²) in [4.78, 5) is 37.9. The van der Waals surface area contributed by atoms with Crippen LogP contribution in [0.5, 0.6) is 0 Å². The Morgan fingerprint density at radius 2 is 0.641 bits per heavy atom. The van der Waals surface area contributed by atoms with Crippen LogP contribution in [0.15, 0.2) is 109 Å². The Morgan fingerprint density at radius 3 is 1.03 bits per heavy atom. The normalized spacial score (nSPS) is 13.0. The smallest absolute Gasteiger partial charge is 0.306 e. The first-order valence-electron chi connectivity index (χ1n) is 25.9. The Morgan fingerprint density at radius 1 is 0.328 bits per heavy atom. The Balaban J connectivity index is 4.35. The number of carbonyl (C=O) groups is 3. The number of unbranched alkanes of at least 4 members (excludes halogenated alkanes) is 16. The molecule has 0 aliphatic heterocycles. The summed E-state index contributed by atoms with van der Waals surface area (Å²) in [6, 6.07) is 0. The molecule has 0 aliphatic carbocycles. The molecule has 0 aromatic carbocycles. The van der Waals surface area contributed by atoms with Gasteiger partial charge in [0.05, 0.1) is 0 Å². The summed E-state index contributed by atoms with van der Waals surface area (Å²) in [5.74, 6) is -1.02. The van der Waals surface area contributed by atoms with Gasteiger partial charge in [-0.05, 0) is 103 Å². The third-order valence-electron chi connectivity index (χ3n) is 10.5. The molecule has 0 heterocycles. The molecule has 0 radical (unpaired) electrons. The second kappa shape index (κ2) is 51.7. The van der Waals surface area contributed by atoms with Gasteiger partial charge in [-0.25, -0.2) is 0 Å². The molecular weight excluding hydrogens is 793 g/mol. The highest BCUT2D eigenvalue weighted by atomic mass is 16.6. The number of allylic oxidation sites excluding steroid dienone is 18. The van der Waals surface area contributed by atoms with Gasteiger partial charge in [-0.1, -0.05) is 207 Å². The molecule has 1 atom stereocenters. The van der Waals surface area contributed by atoms with E-state index in [9.17, 15) is 14.4 Å². The molecule has 6 nitrogen and oxygen atoms in total. The fourth-order valence-corrected chi connectivity index (χ4v) is 6.68. The zero-order valence-electron chi connectivity index (χ0n) is 41.3. The van der Waals surface area contributed by atoms with Crippen LogP contribution >= 0.6 is 0 Å². The number of carbonyl (C=O) groups excluding carboxylic acids is 3. The molecule has 0 rings (SSSR count). The topological polar surface area (TPSA) is 78.9 Å². The highest BCUT2D eigenvalue weighted by molar-refractivity contribution is 5.71. The van der Waals surface area contributed by atoms with Crippen molar-refractivity contribution in [1.29, 1.82) is 0 Å². The van der Waals surface area contributed by atoms with Gasteiger partial charge in [0.15, 0.2) is 6.10 Å². The van der Waals surface area contributed by atoms with Crippen molar-refractivity contribution in [3.05, 3.63) is 109 Å². The SMILES string of the molecule is CC/C=C\C/C=C\C/C=C\C/C=C\CCCCCCCCCCCCC(=O)OCC(COC(=O)CCCCCCC/C=C\CCC)OC(=O)CC/C=C\C/C=C\C/C=C\C/C=C\CC. The van der Waals surface area contributed by atoms with E-state index in [1.807, 2.05) is 12.2 Å². The standard InChI is InChI=1S/C58H94O6/c1-4-7-10-13-16-19-22-24-25-26-27-28-29-30-31-32-33-35-36-39-42-45-48-51-57(60)63-54-55(53-62-56(59)50-47-44-41-38-21-18-15-12-9-6-3)64-58(61)52-49-46-43-40-37-34-23-20-17-14-11-8-5-2/h7-8,10-12,15-17,19-20,24-25,27-28,34,37,43,46,55H,4-6,9,13-14,18,21-23,26,29-33,35-36,38-42,44-45,47-54H2,1-3H3/b10-7-,11-8-,15-12-,19-16-,20-17-,25-24-,28-27-,37-34-,46-43-. The third-order valence-corrected chi connectivity index (χ3v) is 10.5. The molecule has 0 spiro atoms. The van der Waals surface area contributed by atoms with E-state index in [2.05, 4.69) is 118 Å². The largest absolute Gasteiger partial charge is 0.462 e. The molecule has 0 saturated heterocycles. The molecule has 6 heteroatoms. The molecule has 0 aliphatic rings. The maximum atomic E-state index is 12.7. The Bertz CT molecular complexity index is 1340. The molecule has 0 amide bonds. The molecule has 362 valence electrons. The zero-order chi connectivity index (χ0) is 46.5. The average Bonchev–Trinajstić information content (AvgIpc) is 3.29. The van der Waals surface area contributed by atoms with Crippen LogP contribution in [0, 0.1) is 0 Å². The summed E-state index contributed by atoms with van der Waals surface area (Å²) < 4.78 is 16.7. The summed E-state index contributed by atoms with van der Waals surface area (Å²) in [6.07, 6.45) is 69.6. The Hall–Kier alpha value is -3.93. The molecule has 64 heavy (non-hydrogen) atoms. The van der Waals surface area contributed by atoms with Gasteiger partial charge in [-0.15, -0.1) is 0 Å². The van der Waals surface area contributed by atoms with Crippen molar-refractivity contribution in [3.8, 4) is 0 Å². The first kappa shape index (κ1) is 60.1. The highest BCUT2D eigenvalue weighted by Gasteiger charge is 2.19. The van der Waals surface area contributed by atoms with Crippen molar-refractivity contribution in [2.75, 3.05) is 13.2 Å². The highest BCUT2D eigenvalue weighted by Crippen LogP contribution is 2.14. The number of rotatable bonds is 45. The zero-order valence-corrected chi connectivity index (χ0v) is 41.3. The van der Waals surface area contributed by atoms with Gasteiger partial charge >= 0.3 is 17.9 Å². The van der Waals surface area contributed by atoms with Crippen molar-refractivity contribution in [2.45, 2.75) is 226 Å². The number of ether oxygens (including phenoxy) is 3. The van der Waals surface area contributed by atoms with E-state index in [4.69, 9.17) is 14.2 Å². The average molecular weight is 887 g/mol. The Kier molecular flexibility index (Phi) is 48.5. The van der Waals surface area contributed by atoms with E-state index < -0.39 is 12.1 Å². The molecule has 0 bridgehead atoms. The van der Waals surface area contributed by atoms with Gasteiger partial charge in [-0.2, -0.15) is 0 Å². The summed E-state index contributed by atoms with van der Waals surface area (Å²) in [6.45, 7) is 6.26. The quantitative estimate of drug-likeness (QED) is 0.0262. The van der Waals surface area contributed by atoms with Crippen molar-refractivity contribution in [3.63, 3.8) is 0 Å². The molecule has 0 fully saturated rings. The minimum absolute atomic E-state index is 0.113. The lowest BCUT2D eigenvalue weighted by molar-refractivity contribution is -0.166. The summed E-state index contributed by atoms with van der Waals surface area (Å²) >= 11 is 0. The number of esters is 3. The van der Waals surface area contributed by atoms with Gasteiger partial charge < -0.3 is 14.2 Å². The molecular formula is C58H94O6. The minimum Gasteiger partial charge on any atom is -0.462 e. The summed E-state index contributed by atoms with van der Waals surface area (Å²) in [5.41, 5.74) is 0. The number of hydrogen-bond acceptors (Lipinski definition) is 6. The summed E-state index contributed by atoms with van der Waals surface area (Å²) in [7, 11) is 0. The van der Waals surface area contributed by atoms with Crippen LogP contribution in [0.2, 0.25) is 0 Å². The van der Waals surface area contributed by atoms with Crippen LogP contribution < -0.4 is 0 Å². The minimum atomic E-state index is -0.821. The van der Waals surface area contributed by atoms with Gasteiger partial charge in [-0.3, -0.25) is 14.4 Å². The molecule has 1 unspecified atom stereocenters. The number of hydrogen-bond donors (Lipinski definition) is 0. The molecule has 0 saturated carbocycles. The first-order valence-corrected chi connectivity index (χ1v) is 25.9. The lowest BCUT2D eigenvalue weighted by Crippen LogP contribution is -2.30. The van der Waals surface area contributed by atoms with Gasteiger partial charge in [0.1, 0.15) is 13.2 Å². The van der Waals surface area contributed by atoms with Crippen LogP contribution in [0.4, 0.5) is 0 Å². The second-order valence-corrected chi connectivity index (χ2v) is 16.7. The van der Waals surface area contributed by atoms with Crippen LogP contribution in [0.1, 0.15) is 220 Å². The summed E-state index contributed by atoms with van der Waals surface area (Å²) in [5, 5.41) is 0. The van der Waals surface area contributed by atoms with Crippen LogP contribution in [0.3, 0.4) is 0 Å². The van der Waals surface area contributed by atoms with Crippen molar-refractivity contribution in [2.24, 2.45) is 0 Å². The second-order valence-electron chi connectivity index (χ2n) is 16.7. The fraction of sp³-hybridized carbons (Fsp3) is 0.638. The molecule has 0 aromatic rings. The van der Waals surface area contributed by atoms with E-state index >= 15 is 0 Å². The van der Waals surface area contributed by atoms with E-state index in [-0.39, 0.29) is 31.6 Å². The van der Waals surface area contributed by atoms with E-state index in [0.29, 0.717) is 19.3 Å². The first-order chi connectivity index (χ1) is 31.5. The van der Waals surface area contributed by atoms with Crippen molar-refractivity contribution >= 4 is 17.9 Å². The van der Waals surface area contributed by atoms with Gasteiger partial charge in [0.25, 0.3) is 0 Å². The van der Waals surface area contributed by atoms with Crippen LogP contribution in [-0.2, 0) is 28.6 Å². The lowest BCUT2D eigenvalue weighted by Gasteiger charge is -2.18. The molecule has 0 aromatic heterocycles. The maximum Gasteiger partial charge on any atom is 0.306 e. The predicted octanol–water partition coefficient (Wildman–Crippen LogP) is 17.1. The van der Waals surface area contributed by atoms with Crippen molar-refractivity contribution in [1.82, 2.24) is 0 Å². The van der Waals surface area contributed by atoms with Crippen LogP contribution in [0.25, 0.3) is 0 Å². The Labute approximate surface area is 393 Å². The third kappa shape index (κ3) is 49.1. The van der Waals surface area contributed by atoms with E-state index in [1.165, 1.54) is 64.2 Å². The van der Waals surface area contributed by atoms with Gasteiger partial charge in [0.2, 0.25) is 0 Å². The molecule has 0 N–H and O–H groups in total. The van der Waals surface area contributed by atoms with Gasteiger partial charge in [0, 0.05) is 19.3 Å². The van der Waals surface area contributed by atoms with Crippen molar-refractivity contribution < 1.29 is 28.6 Å². The van der Waals surface area contributed by atoms with Crippen LogP contribution in [-0.4, -0.2) is 37.2 Å². The van der Waals surface area contributed by atoms with E-state index in [0.717, 1.165) is 109 Å². The maximum absolute atomic E-state index is 12.7. The monoisotopic (exact) mass is 887 g/mol. The lowest BCUT2D eigenvalue weighted by atomic mass is 10.1. The fourth-order valence-electron chi connectivity index (χ4n) is 6.68.